The Morgan fingerprint density at radius 1 is 1.11 bits per heavy atom. The fourth-order valence-electron chi connectivity index (χ4n) is 4.35. The molecular weight excluding hydrogens is 334 g/mol. The second-order valence-electron chi connectivity index (χ2n) is 8.21. The molecule has 2 aromatic carbocycles. The molecule has 2 atom stereocenters. The third kappa shape index (κ3) is 3.46. The van der Waals surface area contributed by atoms with Gasteiger partial charge >= 0.3 is 0 Å². The second-order valence-corrected chi connectivity index (χ2v) is 8.21. The van der Waals surface area contributed by atoms with Gasteiger partial charge in [-0.05, 0) is 51.3 Å². The summed E-state index contributed by atoms with van der Waals surface area (Å²) in [4.78, 5) is 7.54. The number of anilines is 1. The molecule has 4 rings (SSSR count). The molecule has 0 amide bonds. The van der Waals surface area contributed by atoms with E-state index < -0.39 is 0 Å². The molecule has 0 N–H and O–H groups in total. The Labute approximate surface area is 161 Å². The summed E-state index contributed by atoms with van der Waals surface area (Å²) in [7, 11) is 2.12. The monoisotopic (exact) mass is 363 g/mol. The van der Waals surface area contributed by atoms with Crippen LogP contribution in [0.2, 0.25) is 0 Å². The Kier molecular flexibility index (Phi) is 4.68. The molecule has 0 radical (unpaired) electrons. The average Bonchev–Trinajstić information content (AvgIpc) is 2.99. The largest absolute Gasteiger partial charge is 0.375 e. The van der Waals surface area contributed by atoms with Crippen LogP contribution in [0.5, 0.6) is 0 Å². The molecule has 0 aliphatic carbocycles. The molecule has 0 bridgehead atoms. The first kappa shape index (κ1) is 18.1. The van der Waals surface area contributed by atoms with Gasteiger partial charge in [-0.1, -0.05) is 42.5 Å². The zero-order chi connectivity index (χ0) is 19.0. The highest BCUT2D eigenvalue weighted by Crippen LogP contribution is 2.36. The summed E-state index contributed by atoms with van der Waals surface area (Å²) in [6, 6.07) is 19.7. The van der Waals surface area contributed by atoms with Crippen LogP contribution in [0.3, 0.4) is 0 Å². The number of benzene rings is 2. The van der Waals surface area contributed by atoms with Crippen molar-refractivity contribution in [3.63, 3.8) is 0 Å². The Bertz CT molecular complexity index is 916. The summed E-state index contributed by atoms with van der Waals surface area (Å²) in [5.74, 6) is 1.04. The van der Waals surface area contributed by atoms with E-state index in [1.165, 1.54) is 11.1 Å². The molecule has 1 aliphatic rings. The van der Waals surface area contributed by atoms with Crippen LogP contribution in [0, 0.1) is 0 Å². The zero-order valence-corrected chi connectivity index (χ0v) is 16.7. The highest BCUT2D eigenvalue weighted by atomic mass is 16.5. The SMILES string of the molecule is CC(c1ccccc1)N(c1nc2ccccc2n1C)C1CCOC(C)(C)C1. The van der Waals surface area contributed by atoms with E-state index in [4.69, 9.17) is 9.72 Å². The first-order valence-electron chi connectivity index (χ1n) is 9.85. The summed E-state index contributed by atoms with van der Waals surface area (Å²) < 4.78 is 8.24. The van der Waals surface area contributed by atoms with Gasteiger partial charge in [0.1, 0.15) is 0 Å². The Morgan fingerprint density at radius 3 is 2.52 bits per heavy atom. The van der Waals surface area contributed by atoms with E-state index >= 15 is 0 Å². The van der Waals surface area contributed by atoms with E-state index in [1.54, 1.807) is 0 Å². The quantitative estimate of drug-likeness (QED) is 0.646. The molecule has 27 heavy (non-hydrogen) atoms. The number of aromatic nitrogens is 2. The highest BCUT2D eigenvalue weighted by molar-refractivity contribution is 5.78. The maximum absolute atomic E-state index is 6.00. The van der Waals surface area contributed by atoms with E-state index in [2.05, 4.69) is 91.9 Å². The van der Waals surface area contributed by atoms with Crippen molar-refractivity contribution in [1.29, 1.82) is 0 Å². The molecule has 2 heterocycles. The minimum Gasteiger partial charge on any atom is -0.375 e. The summed E-state index contributed by atoms with van der Waals surface area (Å²) in [5, 5.41) is 0. The van der Waals surface area contributed by atoms with Crippen molar-refractivity contribution in [2.45, 2.75) is 51.3 Å². The molecule has 0 spiro atoms. The minimum atomic E-state index is -0.109. The van der Waals surface area contributed by atoms with Gasteiger partial charge in [-0.25, -0.2) is 4.98 Å². The van der Waals surface area contributed by atoms with Crippen molar-refractivity contribution < 1.29 is 4.74 Å². The van der Waals surface area contributed by atoms with Crippen molar-refractivity contribution in [3.8, 4) is 0 Å². The van der Waals surface area contributed by atoms with Gasteiger partial charge in [0, 0.05) is 19.7 Å². The van der Waals surface area contributed by atoms with Crippen LogP contribution in [0.15, 0.2) is 54.6 Å². The number of ether oxygens (including phenoxy) is 1. The third-order valence-corrected chi connectivity index (χ3v) is 5.76. The van der Waals surface area contributed by atoms with E-state index in [9.17, 15) is 0 Å². The van der Waals surface area contributed by atoms with Crippen LogP contribution in [0.4, 0.5) is 5.95 Å². The Morgan fingerprint density at radius 2 is 1.81 bits per heavy atom. The standard InChI is InChI=1S/C23H29N3O/c1-17(18-10-6-5-7-11-18)26(19-14-15-27-23(2,3)16-19)22-24-20-12-8-9-13-21(20)25(22)4/h5-13,17,19H,14-16H2,1-4H3. The van der Waals surface area contributed by atoms with Crippen molar-refractivity contribution >= 4 is 17.0 Å². The van der Waals surface area contributed by atoms with E-state index in [1.807, 2.05) is 0 Å². The van der Waals surface area contributed by atoms with Crippen LogP contribution < -0.4 is 4.90 Å². The molecule has 1 saturated heterocycles. The summed E-state index contributed by atoms with van der Waals surface area (Å²) in [6.45, 7) is 7.47. The topological polar surface area (TPSA) is 30.3 Å². The molecule has 1 fully saturated rings. The predicted octanol–water partition coefficient (Wildman–Crippen LogP) is 5.10. The van der Waals surface area contributed by atoms with Gasteiger partial charge in [0.25, 0.3) is 0 Å². The van der Waals surface area contributed by atoms with Crippen molar-refractivity contribution in [3.05, 3.63) is 60.2 Å². The number of rotatable bonds is 4. The lowest BCUT2D eigenvalue weighted by molar-refractivity contribution is -0.0599. The van der Waals surface area contributed by atoms with Crippen molar-refractivity contribution in [2.24, 2.45) is 7.05 Å². The van der Waals surface area contributed by atoms with Crippen LogP contribution in [0.25, 0.3) is 11.0 Å². The van der Waals surface area contributed by atoms with Gasteiger partial charge in [-0.2, -0.15) is 0 Å². The minimum absolute atomic E-state index is 0.109. The number of hydrogen-bond donors (Lipinski definition) is 0. The number of aryl methyl sites for hydroxylation is 1. The first-order chi connectivity index (χ1) is 13.0. The van der Waals surface area contributed by atoms with E-state index in [0.29, 0.717) is 6.04 Å². The fourth-order valence-corrected chi connectivity index (χ4v) is 4.35. The molecule has 4 nitrogen and oxygen atoms in total. The van der Waals surface area contributed by atoms with Crippen molar-refractivity contribution in [1.82, 2.24) is 9.55 Å². The maximum atomic E-state index is 6.00. The number of fused-ring (bicyclic) bond motifs is 1. The first-order valence-corrected chi connectivity index (χ1v) is 9.85. The van der Waals surface area contributed by atoms with E-state index in [0.717, 1.165) is 30.9 Å². The molecule has 1 aromatic heterocycles. The number of nitrogens with zero attached hydrogens (tertiary/aromatic N) is 3. The van der Waals surface area contributed by atoms with Crippen molar-refractivity contribution in [2.75, 3.05) is 11.5 Å². The third-order valence-electron chi connectivity index (χ3n) is 5.76. The van der Waals surface area contributed by atoms with Gasteiger partial charge in [0.05, 0.1) is 22.7 Å². The molecular formula is C23H29N3O. The van der Waals surface area contributed by atoms with E-state index in [-0.39, 0.29) is 11.6 Å². The predicted molar refractivity (Wildman–Crippen MR) is 111 cm³/mol. The summed E-state index contributed by atoms with van der Waals surface area (Å²) >= 11 is 0. The Hall–Kier alpha value is -2.33. The lowest BCUT2D eigenvalue weighted by atomic mass is 9.91. The Balaban J connectivity index is 1.81. The highest BCUT2D eigenvalue weighted by Gasteiger charge is 2.36. The molecule has 0 saturated carbocycles. The van der Waals surface area contributed by atoms with Gasteiger partial charge in [0.15, 0.2) is 0 Å². The zero-order valence-electron chi connectivity index (χ0n) is 16.7. The fraction of sp³-hybridized carbons (Fsp3) is 0.435. The molecule has 4 heteroatoms. The van der Waals surface area contributed by atoms with Crippen LogP contribution in [-0.2, 0) is 11.8 Å². The van der Waals surface area contributed by atoms with Gasteiger partial charge < -0.3 is 14.2 Å². The molecule has 3 aromatic rings. The number of imidazole rings is 1. The molecule has 142 valence electrons. The van der Waals surface area contributed by atoms with Gasteiger partial charge in [0.2, 0.25) is 5.95 Å². The number of para-hydroxylation sites is 2. The van der Waals surface area contributed by atoms with Gasteiger partial charge in [-0.15, -0.1) is 0 Å². The van der Waals surface area contributed by atoms with Crippen LogP contribution in [-0.4, -0.2) is 27.8 Å². The number of hydrogen-bond acceptors (Lipinski definition) is 3. The molecule has 1 aliphatic heterocycles. The lowest BCUT2D eigenvalue weighted by Gasteiger charge is -2.44. The summed E-state index contributed by atoms with van der Waals surface area (Å²) in [6.07, 6.45) is 2.01. The average molecular weight is 364 g/mol. The van der Waals surface area contributed by atoms with Gasteiger partial charge in [-0.3, -0.25) is 0 Å². The van der Waals surface area contributed by atoms with Crippen LogP contribution >= 0.6 is 0 Å². The maximum Gasteiger partial charge on any atom is 0.207 e. The lowest BCUT2D eigenvalue weighted by Crippen LogP contribution is -2.48. The molecule has 2 unspecified atom stereocenters. The smallest absolute Gasteiger partial charge is 0.207 e. The normalized spacial score (nSPS) is 20.5. The second kappa shape index (κ2) is 7.01. The summed E-state index contributed by atoms with van der Waals surface area (Å²) in [5.41, 5.74) is 3.42. The van der Waals surface area contributed by atoms with Crippen LogP contribution in [0.1, 0.15) is 45.2 Å².